The summed E-state index contributed by atoms with van der Waals surface area (Å²) in [6.07, 6.45) is 0. The molecule has 5 heteroatoms. The molecule has 0 saturated carbocycles. The summed E-state index contributed by atoms with van der Waals surface area (Å²) >= 11 is 0. The maximum Gasteiger partial charge on any atom is 3.00 e. The van der Waals surface area contributed by atoms with Crippen LogP contribution in [0.2, 0.25) is 0 Å². The van der Waals surface area contributed by atoms with Crippen LogP contribution in [-0.2, 0) is 36.5 Å². The van der Waals surface area contributed by atoms with E-state index in [1.165, 1.54) is 0 Å². The van der Waals surface area contributed by atoms with E-state index in [9.17, 15) is 0 Å². The van der Waals surface area contributed by atoms with Crippen molar-refractivity contribution >= 4 is 112 Å². The molecule has 0 aliphatic rings. The van der Waals surface area contributed by atoms with Crippen LogP contribution in [0.15, 0.2) is 0 Å². The Morgan fingerprint density at radius 1 is 1.20 bits per heavy atom. The van der Waals surface area contributed by atoms with Crippen LogP contribution in [0.3, 0.4) is 0 Å². The molecule has 0 nitrogen and oxygen atoms in total. The molecular weight excluding hydrogens is 356 g/mol. The normalized spacial score (nSPS) is 0. The van der Waals surface area contributed by atoms with Gasteiger partial charge in [-0.3, -0.25) is 0 Å². The average Bonchev–Trinajstić information content (AvgIpc) is 0. The first-order valence-electron chi connectivity index (χ1n) is 0. The zero-order chi connectivity index (χ0) is 0. The van der Waals surface area contributed by atoms with Gasteiger partial charge in [-0.05, 0) is 0 Å². The van der Waals surface area contributed by atoms with E-state index < -0.39 is 0 Å². The van der Waals surface area contributed by atoms with Gasteiger partial charge in [0.1, 0.15) is 0 Å². The van der Waals surface area contributed by atoms with Gasteiger partial charge >= 0.3 is 130 Å². The second-order valence-electron chi connectivity index (χ2n) is 0. The zero-order valence-electron chi connectivity index (χ0n) is 3.29. The van der Waals surface area contributed by atoms with Crippen molar-refractivity contribution in [3.05, 3.63) is 0 Å². The van der Waals surface area contributed by atoms with E-state index in [0.717, 1.165) is 0 Å². The largest absolute Gasteiger partial charge is 3.00 e. The summed E-state index contributed by atoms with van der Waals surface area (Å²) in [6.45, 7) is 0. The maximum atomic E-state index is 0. The molecule has 0 spiro atoms. The summed E-state index contributed by atoms with van der Waals surface area (Å²) in [5.74, 6) is 0. The van der Waals surface area contributed by atoms with Gasteiger partial charge in [-0.15, -0.1) is 0 Å². The molecule has 0 fully saturated rings. The molecule has 1 radical (unpaired) electrons. The summed E-state index contributed by atoms with van der Waals surface area (Å²) in [5, 5.41) is 0. The number of hydrogen-bond acceptors (Lipinski definition) is 0. The first-order valence-corrected chi connectivity index (χ1v) is 0. The van der Waals surface area contributed by atoms with Gasteiger partial charge in [0.05, 0.1) is 0 Å². The Bertz CT molecular complexity index is 15.5. The molecule has 5 heavy (non-hydrogen) atoms. The molecule has 0 amide bonds. The van der Waals surface area contributed by atoms with E-state index in [1.807, 2.05) is 0 Å². The third-order valence-corrected chi connectivity index (χ3v) is 0. The van der Waals surface area contributed by atoms with Gasteiger partial charge in [-0.1, -0.05) is 0 Å². The summed E-state index contributed by atoms with van der Waals surface area (Å²) in [5.41, 5.74) is 0. The van der Waals surface area contributed by atoms with Gasteiger partial charge in [0, 0.05) is 19.5 Å². The molecule has 0 aromatic carbocycles. The van der Waals surface area contributed by atoms with Crippen molar-refractivity contribution in [3.63, 3.8) is 0 Å². The Kier molecular flexibility index (Phi) is 158. The fourth-order valence-electron chi connectivity index (χ4n) is 0. The van der Waals surface area contributed by atoms with Crippen LogP contribution in [0.5, 0.6) is 0 Å². The molecule has 0 unspecified atom stereocenters. The van der Waals surface area contributed by atoms with Crippen molar-refractivity contribution < 1.29 is 38.0 Å². The quantitative estimate of drug-likeness (QED) is 0.473. The van der Waals surface area contributed by atoms with Gasteiger partial charge in [0.25, 0.3) is 0 Å². The Hall–Kier alpha value is 4.60. The molecule has 0 heterocycles. The van der Waals surface area contributed by atoms with Crippen LogP contribution < -0.4 is 0 Å². The van der Waals surface area contributed by atoms with E-state index >= 15 is 0 Å². The van der Waals surface area contributed by atoms with Crippen molar-refractivity contribution in [2.75, 3.05) is 0 Å². The topological polar surface area (TPSA) is 0 Å². The summed E-state index contributed by atoms with van der Waals surface area (Å²) < 4.78 is 0. The minimum Gasteiger partial charge on any atom is 0 e. The Morgan fingerprint density at radius 2 is 1.20 bits per heavy atom. The van der Waals surface area contributed by atoms with Crippen molar-refractivity contribution in [3.8, 4) is 0 Å². The fraction of sp³-hybridized carbons (Fsp3) is 0. The van der Waals surface area contributed by atoms with E-state index in [2.05, 4.69) is 0 Å². The zero-order valence-corrected chi connectivity index (χ0v) is 10.0. The molecule has 0 aromatic heterocycles. The van der Waals surface area contributed by atoms with Crippen LogP contribution in [0.25, 0.3) is 0 Å². The summed E-state index contributed by atoms with van der Waals surface area (Å²) in [7, 11) is 0. The standard InChI is InChI=1S/Cs.Cu.Ga.Mg.Zn.H/q;+2;+3;+2;;/p+1. The monoisotopic (exact) mass is 355 g/mol. The molecule has 0 N–H and O–H groups in total. The van der Waals surface area contributed by atoms with Gasteiger partial charge in [0.15, 0.2) is 0 Å². The fourth-order valence-corrected chi connectivity index (χ4v) is 0. The van der Waals surface area contributed by atoms with Crippen molar-refractivity contribution in [2.24, 2.45) is 0 Å². The Balaban J connectivity index is 0. The Morgan fingerprint density at radius 3 is 1.20 bits per heavy atom. The Labute approximate surface area is 145 Å². The minimum atomic E-state index is 0. The average molecular weight is 358 g/mol. The van der Waals surface area contributed by atoms with Crippen molar-refractivity contribution in [1.29, 1.82) is 0 Å². The number of hydrogen-bond donors (Lipinski definition) is 0. The molecule has 0 atom stereocenters. The molecule has 0 aromatic rings. The van der Waals surface area contributed by atoms with E-state index in [4.69, 9.17) is 0 Å². The van der Waals surface area contributed by atoms with Crippen LogP contribution >= 0.6 is 0 Å². The van der Waals surface area contributed by atoms with Crippen LogP contribution in [0.1, 0.15) is 1.43 Å². The maximum absolute atomic E-state index is 0. The van der Waals surface area contributed by atoms with Crippen LogP contribution in [0.4, 0.5) is 0 Å². The van der Waals surface area contributed by atoms with E-state index in [1.54, 1.807) is 0 Å². The molecule has 0 aliphatic heterocycles. The predicted molar refractivity (Wildman–Crippen MR) is 19.8 cm³/mol. The molecule has 0 bridgehead atoms. The van der Waals surface area contributed by atoms with E-state index in [0.29, 0.717) is 0 Å². The van der Waals surface area contributed by atoms with Gasteiger partial charge in [-0.25, -0.2) is 0 Å². The second kappa shape index (κ2) is 23.5. The minimum absolute atomic E-state index is 0. The first kappa shape index (κ1) is 33.6. The van der Waals surface area contributed by atoms with Gasteiger partial charge in [0.2, 0.25) is 0 Å². The number of rotatable bonds is 0. The molecular formula is H2CsCuGaMgZn+8. The van der Waals surface area contributed by atoms with Crippen LogP contribution in [0, 0.1) is 0 Å². The smallest absolute Gasteiger partial charge is 0 e. The third kappa shape index (κ3) is 17.7. The second-order valence-corrected chi connectivity index (χ2v) is 0. The molecule has 13 valence electrons. The van der Waals surface area contributed by atoms with Gasteiger partial charge < -0.3 is 0 Å². The van der Waals surface area contributed by atoms with Crippen molar-refractivity contribution in [1.82, 2.24) is 0 Å². The predicted octanol–water partition coefficient (Wildman–Crippen LogP) is -1.30. The molecule has 0 saturated heterocycles. The SMILES string of the molecule is [CsH].[Cu+2].[Ga+3].[H+].[Mg+2].[Zn]. The summed E-state index contributed by atoms with van der Waals surface area (Å²) in [6, 6.07) is 0. The first-order chi connectivity index (χ1) is 0. The third-order valence-electron chi connectivity index (χ3n) is 0. The van der Waals surface area contributed by atoms with Crippen molar-refractivity contribution in [2.45, 2.75) is 0 Å². The van der Waals surface area contributed by atoms with E-state index in [-0.39, 0.29) is 150 Å². The summed E-state index contributed by atoms with van der Waals surface area (Å²) in [4.78, 5) is 0. The van der Waals surface area contributed by atoms with Crippen LogP contribution in [-0.4, -0.2) is 112 Å². The molecule has 0 aliphatic carbocycles. The van der Waals surface area contributed by atoms with Gasteiger partial charge in [-0.2, -0.15) is 0 Å². The molecule has 0 rings (SSSR count).